The number of β-amino-alcohol motifs (C(OH)–C–C–N with tert-alkyl or cyclic N) is 1. The lowest BCUT2D eigenvalue weighted by atomic mass is 10.1. The molecule has 1 N–H and O–H groups in total. The van der Waals surface area contributed by atoms with Gasteiger partial charge in [0.25, 0.3) is 0 Å². The first-order valence-corrected chi connectivity index (χ1v) is 13.2. The number of aromatic nitrogens is 1. The van der Waals surface area contributed by atoms with E-state index >= 15 is 0 Å². The van der Waals surface area contributed by atoms with Gasteiger partial charge < -0.3 is 14.3 Å². The third kappa shape index (κ3) is 4.91. The fourth-order valence-electron chi connectivity index (χ4n) is 4.94. The predicted molar refractivity (Wildman–Crippen MR) is 146 cm³/mol. The number of rotatable bonds is 8. The number of benzene rings is 3. The molecule has 3 aromatic carbocycles. The lowest BCUT2D eigenvalue weighted by Crippen LogP contribution is -2.55. The Morgan fingerprint density at radius 1 is 1.08 bits per heavy atom. The van der Waals surface area contributed by atoms with Gasteiger partial charge in [-0.3, -0.25) is 9.69 Å². The van der Waals surface area contributed by atoms with Crippen LogP contribution in [0.25, 0.3) is 32.2 Å². The Hall–Kier alpha value is -3.50. The maximum Gasteiger partial charge on any atom is 0.228 e. The molecule has 8 nitrogen and oxygen atoms in total. The Labute approximate surface area is 218 Å². The third-order valence-electron chi connectivity index (χ3n) is 6.76. The molecule has 0 saturated carbocycles. The number of ether oxygens (including phenoxy) is 1. The summed E-state index contributed by atoms with van der Waals surface area (Å²) in [5.74, 6) is 0.713. The van der Waals surface area contributed by atoms with E-state index in [0.717, 1.165) is 62.3 Å². The molecule has 37 heavy (non-hydrogen) atoms. The number of furan rings is 1. The number of hydrogen-bond donors (Lipinski definition) is 1. The fraction of sp³-hybridized carbons (Fsp3) is 0.286. The molecule has 2 aromatic heterocycles. The molecule has 0 spiro atoms. The van der Waals surface area contributed by atoms with Crippen molar-refractivity contribution in [3.05, 3.63) is 65.7 Å². The van der Waals surface area contributed by atoms with Crippen LogP contribution in [0.15, 0.2) is 65.1 Å². The number of amides is 1. The van der Waals surface area contributed by atoms with E-state index in [-0.39, 0.29) is 6.61 Å². The third-order valence-corrected chi connectivity index (χ3v) is 7.71. The Kier molecular flexibility index (Phi) is 6.52. The maximum absolute atomic E-state index is 12.1. The van der Waals surface area contributed by atoms with Gasteiger partial charge in [0.2, 0.25) is 6.41 Å². The van der Waals surface area contributed by atoms with Crippen LogP contribution in [0.2, 0.25) is 0 Å². The van der Waals surface area contributed by atoms with Gasteiger partial charge in [0, 0.05) is 55.6 Å². The summed E-state index contributed by atoms with van der Waals surface area (Å²) in [6, 6.07) is 19.7. The minimum absolute atomic E-state index is 0.215. The average molecular weight is 517 g/mol. The van der Waals surface area contributed by atoms with Crippen molar-refractivity contribution in [2.45, 2.75) is 13.0 Å². The largest absolute Gasteiger partial charge is 0.491 e. The molecule has 1 atom stereocenters. The van der Waals surface area contributed by atoms with Gasteiger partial charge in [-0.15, -0.1) is 11.3 Å². The number of hydrazine groups is 1. The Morgan fingerprint density at radius 3 is 2.73 bits per heavy atom. The van der Waals surface area contributed by atoms with Crippen molar-refractivity contribution in [2.24, 2.45) is 0 Å². The maximum atomic E-state index is 12.1. The van der Waals surface area contributed by atoms with E-state index in [1.807, 2.05) is 72.6 Å². The summed E-state index contributed by atoms with van der Waals surface area (Å²) in [4.78, 5) is 18.8. The van der Waals surface area contributed by atoms with Gasteiger partial charge in [0.05, 0.1) is 20.9 Å². The Balaban J connectivity index is 1.04. The van der Waals surface area contributed by atoms with Crippen LogP contribution in [-0.4, -0.2) is 71.8 Å². The Bertz CT molecular complexity index is 1560. The van der Waals surface area contributed by atoms with Crippen LogP contribution in [0.5, 0.6) is 5.75 Å². The number of carbonyl (C=O) groups excluding carboxylic acids is 1. The van der Waals surface area contributed by atoms with Gasteiger partial charge in [-0.2, -0.15) is 0 Å². The summed E-state index contributed by atoms with van der Waals surface area (Å²) < 4.78 is 13.0. The van der Waals surface area contributed by atoms with E-state index in [1.54, 1.807) is 16.3 Å². The summed E-state index contributed by atoms with van der Waals surface area (Å²) >= 11 is 1.66. The highest BCUT2D eigenvalue weighted by Crippen LogP contribution is 2.32. The highest BCUT2D eigenvalue weighted by atomic mass is 32.1. The van der Waals surface area contributed by atoms with Crippen LogP contribution in [0.4, 0.5) is 5.69 Å². The molecule has 9 heteroatoms. The first-order chi connectivity index (χ1) is 18.1. The quantitative estimate of drug-likeness (QED) is 0.305. The summed E-state index contributed by atoms with van der Waals surface area (Å²) in [5.41, 5.74) is 3.29. The van der Waals surface area contributed by atoms with E-state index in [0.29, 0.717) is 25.4 Å². The molecule has 0 radical (unpaired) electrons. The normalized spacial score (nSPS) is 15.9. The fourth-order valence-corrected chi connectivity index (χ4v) is 5.75. The molecule has 3 heterocycles. The highest BCUT2D eigenvalue weighted by molar-refractivity contribution is 7.18. The molecule has 0 unspecified atom stereocenters. The van der Waals surface area contributed by atoms with Crippen LogP contribution < -0.4 is 9.75 Å². The van der Waals surface area contributed by atoms with Gasteiger partial charge >= 0.3 is 0 Å². The van der Waals surface area contributed by atoms with Gasteiger partial charge in [-0.25, -0.2) is 15.0 Å². The number of para-hydroxylation sites is 1. The summed E-state index contributed by atoms with van der Waals surface area (Å²) in [6.07, 6.45) is 0.236. The molecule has 1 aliphatic rings. The number of aliphatic hydroxyl groups is 1. The first kappa shape index (κ1) is 23.9. The average Bonchev–Trinajstić information content (AvgIpc) is 3.47. The van der Waals surface area contributed by atoms with Crippen molar-refractivity contribution < 1.29 is 19.1 Å². The first-order valence-electron chi connectivity index (χ1n) is 12.4. The minimum Gasteiger partial charge on any atom is -0.491 e. The lowest BCUT2D eigenvalue weighted by molar-refractivity contribution is -0.110. The zero-order valence-electron chi connectivity index (χ0n) is 20.5. The van der Waals surface area contributed by atoms with Crippen LogP contribution >= 0.6 is 11.3 Å². The molecule has 5 aromatic rings. The molecule has 0 bridgehead atoms. The van der Waals surface area contributed by atoms with E-state index in [4.69, 9.17) is 9.15 Å². The second-order valence-electron chi connectivity index (χ2n) is 9.31. The number of nitrogens with zero attached hydrogens (tertiary/aromatic N) is 4. The molecular weight excluding hydrogens is 488 g/mol. The molecule has 190 valence electrons. The van der Waals surface area contributed by atoms with E-state index in [9.17, 15) is 9.90 Å². The van der Waals surface area contributed by atoms with Crippen molar-refractivity contribution >= 4 is 55.6 Å². The van der Waals surface area contributed by atoms with E-state index < -0.39 is 6.10 Å². The molecule has 1 aliphatic heterocycles. The number of anilines is 1. The molecule has 6 rings (SSSR count). The number of aliphatic hydroxyl groups excluding tert-OH is 1. The van der Waals surface area contributed by atoms with Crippen LogP contribution in [0.3, 0.4) is 0 Å². The minimum atomic E-state index is -0.614. The smallest absolute Gasteiger partial charge is 0.228 e. The van der Waals surface area contributed by atoms with Crippen molar-refractivity contribution in [3.63, 3.8) is 0 Å². The zero-order chi connectivity index (χ0) is 25.4. The summed E-state index contributed by atoms with van der Waals surface area (Å²) in [7, 11) is 0. The lowest BCUT2D eigenvalue weighted by Gasteiger charge is -2.39. The van der Waals surface area contributed by atoms with E-state index in [2.05, 4.69) is 9.88 Å². The van der Waals surface area contributed by atoms with Crippen LogP contribution in [0, 0.1) is 6.92 Å². The predicted octanol–water partition coefficient (Wildman–Crippen LogP) is 4.44. The van der Waals surface area contributed by atoms with Crippen molar-refractivity contribution in [2.75, 3.05) is 44.3 Å². The SMILES string of the molecule is Cc1nc2cc(OC[C@H](O)CN3CCN(N(C=O)c4ccc5c(c4)oc4ccccc45)CC3)ccc2s1. The monoisotopic (exact) mass is 516 g/mol. The van der Waals surface area contributed by atoms with Crippen molar-refractivity contribution in [1.82, 2.24) is 14.9 Å². The number of piperazine rings is 1. The van der Waals surface area contributed by atoms with Gasteiger partial charge in [0.15, 0.2) is 0 Å². The Morgan fingerprint density at radius 2 is 1.89 bits per heavy atom. The van der Waals surface area contributed by atoms with Gasteiger partial charge in [-0.1, -0.05) is 18.2 Å². The van der Waals surface area contributed by atoms with Crippen molar-refractivity contribution in [1.29, 1.82) is 0 Å². The number of hydrogen-bond acceptors (Lipinski definition) is 8. The number of fused-ring (bicyclic) bond motifs is 4. The van der Waals surface area contributed by atoms with Crippen LogP contribution in [0.1, 0.15) is 5.01 Å². The molecule has 0 aliphatic carbocycles. The van der Waals surface area contributed by atoms with Crippen LogP contribution in [-0.2, 0) is 4.79 Å². The summed E-state index contributed by atoms with van der Waals surface area (Å²) in [5, 5.41) is 17.4. The highest BCUT2D eigenvalue weighted by Gasteiger charge is 2.24. The second-order valence-corrected chi connectivity index (χ2v) is 10.5. The topological polar surface area (TPSA) is 82.3 Å². The number of aryl methyl sites for hydroxylation is 1. The molecule has 1 amide bonds. The molecule has 1 fully saturated rings. The summed E-state index contributed by atoms with van der Waals surface area (Å²) in [6.45, 7) is 5.53. The second kappa shape index (κ2) is 10.1. The standard InChI is InChI=1S/C28H28N4O4S/c1-19-29-25-15-22(7-9-28(25)37-19)35-17-21(34)16-30-10-12-31(13-11-30)32(18-33)20-6-8-24-23-4-2-3-5-26(23)36-27(24)14-20/h2-9,14-15,18,21,34H,10-13,16-17H2,1H3/t21-/m1/s1. The van der Waals surface area contributed by atoms with Crippen molar-refractivity contribution in [3.8, 4) is 5.75 Å². The number of thiazole rings is 1. The zero-order valence-corrected chi connectivity index (χ0v) is 21.4. The molecule has 1 saturated heterocycles. The molecular formula is C28H28N4O4S. The van der Waals surface area contributed by atoms with Gasteiger partial charge in [-0.05, 0) is 37.3 Å². The van der Waals surface area contributed by atoms with Gasteiger partial charge in [0.1, 0.15) is 29.6 Å². The van der Waals surface area contributed by atoms with E-state index in [1.165, 1.54) is 0 Å². The number of carbonyl (C=O) groups is 1.